The van der Waals surface area contributed by atoms with Crippen LogP contribution in [0, 0.1) is 11.8 Å². The Hall–Kier alpha value is -0.860. The molecule has 2 rings (SSSR count). The average Bonchev–Trinajstić information content (AvgIpc) is 2.45. The summed E-state index contributed by atoms with van der Waals surface area (Å²) in [6, 6.07) is 9.31. The molecule has 2 heteroatoms. The largest absolute Gasteiger partial charge is 0.373 e. The van der Waals surface area contributed by atoms with Crippen LogP contribution in [0.3, 0.4) is 0 Å². The van der Waals surface area contributed by atoms with E-state index in [0.717, 1.165) is 19.5 Å². The van der Waals surface area contributed by atoms with Gasteiger partial charge in [-0.15, -0.1) is 0 Å². The molecule has 0 aromatic heterocycles. The first kappa shape index (κ1) is 18.5. The van der Waals surface area contributed by atoms with Crippen molar-refractivity contribution in [1.82, 2.24) is 4.90 Å². The van der Waals surface area contributed by atoms with Gasteiger partial charge in [0.15, 0.2) is 0 Å². The second-order valence-corrected chi connectivity index (χ2v) is 8.06. The van der Waals surface area contributed by atoms with Gasteiger partial charge in [-0.05, 0) is 49.1 Å². The Kier molecular flexibility index (Phi) is 6.67. The molecule has 130 valence electrons. The molecule has 23 heavy (non-hydrogen) atoms. The Bertz CT molecular complexity index is 457. The maximum Gasteiger partial charge on any atom is 0.0678 e. The topological polar surface area (TPSA) is 12.5 Å². The molecule has 2 nitrogen and oxygen atoms in total. The molecule has 0 N–H and O–H groups in total. The summed E-state index contributed by atoms with van der Waals surface area (Å²) in [5.74, 6) is 2.02. The third kappa shape index (κ3) is 5.61. The summed E-state index contributed by atoms with van der Waals surface area (Å²) in [4.78, 5) is 2.57. The van der Waals surface area contributed by atoms with E-state index < -0.39 is 0 Å². The van der Waals surface area contributed by atoms with Crippen molar-refractivity contribution in [3.8, 4) is 0 Å². The molecule has 1 heterocycles. The van der Waals surface area contributed by atoms with Gasteiger partial charge in [-0.1, -0.05) is 52.0 Å². The van der Waals surface area contributed by atoms with Gasteiger partial charge in [-0.3, -0.25) is 4.90 Å². The summed E-state index contributed by atoms with van der Waals surface area (Å²) in [5.41, 5.74) is 2.93. The van der Waals surface area contributed by atoms with Crippen molar-refractivity contribution in [3.05, 3.63) is 35.4 Å². The fourth-order valence-corrected chi connectivity index (χ4v) is 3.68. The molecular formula is C21H35NO. The van der Waals surface area contributed by atoms with Gasteiger partial charge in [-0.2, -0.15) is 0 Å². The van der Waals surface area contributed by atoms with E-state index in [1.54, 1.807) is 0 Å². The minimum absolute atomic E-state index is 0.364. The third-order valence-corrected chi connectivity index (χ3v) is 5.15. The van der Waals surface area contributed by atoms with Crippen LogP contribution < -0.4 is 0 Å². The SMILES string of the molecule is CC(C)C(C)c1ccc(C[C@@H](C)CN2C[C@@H](C)O[C@@H](C)C2)cc1. The molecule has 0 spiro atoms. The summed E-state index contributed by atoms with van der Waals surface area (Å²) >= 11 is 0. The van der Waals surface area contributed by atoms with E-state index in [2.05, 4.69) is 70.7 Å². The second-order valence-electron chi connectivity index (χ2n) is 8.06. The van der Waals surface area contributed by atoms with E-state index in [-0.39, 0.29) is 0 Å². The monoisotopic (exact) mass is 317 g/mol. The van der Waals surface area contributed by atoms with Crippen LogP contribution in [0.1, 0.15) is 58.6 Å². The maximum absolute atomic E-state index is 5.83. The van der Waals surface area contributed by atoms with Crippen molar-refractivity contribution in [2.75, 3.05) is 19.6 Å². The first-order valence-corrected chi connectivity index (χ1v) is 9.31. The summed E-state index contributed by atoms with van der Waals surface area (Å²) in [6.07, 6.45) is 1.89. The minimum Gasteiger partial charge on any atom is -0.373 e. The highest BCUT2D eigenvalue weighted by atomic mass is 16.5. The van der Waals surface area contributed by atoms with Crippen LogP contribution in [0.25, 0.3) is 0 Å². The van der Waals surface area contributed by atoms with Gasteiger partial charge >= 0.3 is 0 Å². The summed E-state index contributed by atoms with van der Waals surface area (Å²) in [5, 5.41) is 0. The Balaban J connectivity index is 1.86. The minimum atomic E-state index is 0.364. The zero-order chi connectivity index (χ0) is 17.0. The lowest BCUT2D eigenvalue weighted by molar-refractivity contribution is -0.0708. The lowest BCUT2D eigenvalue weighted by Crippen LogP contribution is -2.47. The normalized spacial score (nSPS) is 25.5. The highest BCUT2D eigenvalue weighted by Crippen LogP contribution is 2.24. The van der Waals surface area contributed by atoms with E-state index in [9.17, 15) is 0 Å². The van der Waals surface area contributed by atoms with Crippen LogP contribution in [0.2, 0.25) is 0 Å². The lowest BCUT2D eigenvalue weighted by Gasteiger charge is -2.36. The molecule has 1 saturated heterocycles. The Morgan fingerprint density at radius 2 is 1.57 bits per heavy atom. The smallest absolute Gasteiger partial charge is 0.0678 e. The van der Waals surface area contributed by atoms with Crippen molar-refractivity contribution in [2.45, 2.75) is 66.1 Å². The predicted molar refractivity (Wildman–Crippen MR) is 99.0 cm³/mol. The molecule has 0 aliphatic carbocycles. The van der Waals surface area contributed by atoms with Crippen LogP contribution in [-0.4, -0.2) is 36.7 Å². The standard InChI is InChI=1S/C21H35NO/c1-15(2)19(6)21-9-7-20(8-10-21)11-16(3)12-22-13-17(4)23-18(5)14-22/h7-10,15-19H,11-14H2,1-6H3/t16-,17-,18+,19?/m1/s1. The molecule has 1 unspecified atom stereocenters. The highest BCUT2D eigenvalue weighted by Gasteiger charge is 2.23. The molecule has 1 aromatic rings. The van der Waals surface area contributed by atoms with Crippen molar-refractivity contribution >= 4 is 0 Å². The van der Waals surface area contributed by atoms with Gasteiger partial charge in [0, 0.05) is 19.6 Å². The predicted octanol–water partition coefficient (Wildman–Crippen LogP) is 4.73. The zero-order valence-electron chi connectivity index (χ0n) is 15.9. The van der Waals surface area contributed by atoms with E-state index in [1.165, 1.54) is 17.7 Å². The lowest BCUT2D eigenvalue weighted by atomic mass is 9.89. The van der Waals surface area contributed by atoms with Gasteiger partial charge in [0.2, 0.25) is 0 Å². The molecule has 1 aliphatic heterocycles. The van der Waals surface area contributed by atoms with Crippen LogP contribution in [0.15, 0.2) is 24.3 Å². The zero-order valence-corrected chi connectivity index (χ0v) is 15.9. The summed E-state index contributed by atoms with van der Waals surface area (Å²) < 4.78 is 5.83. The van der Waals surface area contributed by atoms with Crippen LogP contribution in [0.4, 0.5) is 0 Å². The van der Waals surface area contributed by atoms with E-state index in [0.29, 0.717) is 30.0 Å². The van der Waals surface area contributed by atoms with Crippen molar-refractivity contribution in [1.29, 1.82) is 0 Å². The molecule has 0 amide bonds. The second kappa shape index (κ2) is 8.30. The van der Waals surface area contributed by atoms with Gasteiger partial charge in [0.1, 0.15) is 0 Å². The number of morpholine rings is 1. The van der Waals surface area contributed by atoms with E-state index in [1.807, 2.05) is 0 Å². The number of hydrogen-bond acceptors (Lipinski definition) is 2. The van der Waals surface area contributed by atoms with Gasteiger partial charge in [0.05, 0.1) is 12.2 Å². The molecule has 1 fully saturated rings. The van der Waals surface area contributed by atoms with Crippen LogP contribution in [-0.2, 0) is 11.2 Å². The summed E-state index contributed by atoms with van der Waals surface area (Å²) in [7, 11) is 0. The third-order valence-electron chi connectivity index (χ3n) is 5.15. The van der Waals surface area contributed by atoms with E-state index >= 15 is 0 Å². The van der Waals surface area contributed by atoms with Crippen LogP contribution in [0.5, 0.6) is 0 Å². The molecule has 4 atom stereocenters. The fourth-order valence-electron chi connectivity index (χ4n) is 3.68. The maximum atomic E-state index is 5.83. The molecular weight excluding hydrogens is 282 g/mol. The number of benzene rings is 1. The number of ether oxygens (including phenoxy) is 1. The first-order chi connectivity index (χ1) is 10.8. The first-order valence-electron chi connectivity index (χ1n) is 9.31. The average molecular weight is 318 g/mol. The Morgan fingerprint density at radius 1 is 1.00 bits per heavy atom. The number of hydrogen-bond donors (Lipinski definition) is 0. The molecule has 1 aromatic carbocycles. The quantitative estimate of drug-likeness (QED) is 0.752. The fraction of sp³-hybridized carbons (Fsp3) is 0.714. The Morgan fingerprint density at radius 3 is 2.09 bits per heavy atom. The number of nitrogens with zero attached hydrogens (tertiary/aromatic N) is 1. The van der Waals surface area contributed by atoms with E-state index in [4.69, 9.17) is 4.74 Å². The van der Waals surface area contributed by atoms with Gasteiger partial charge < -0.3 is 4.74 Å². The number of rotatable bonds is 6. The Labute approximate surface area is 143 Å². The van der Waals surface area contributed by atoms with Crippen LogP contribution >= 0.6 is 0 Å². The summed E-state index contributed by atoms with van der Waals surface area (Å²) in [6.45, 7) is 17.0. The van der Waals surface area contributed by atoms with Gasteiger partial charge in [0.25, 0.3) is 0 Å². The molecule has 0 bridgehead atoms. The molecule has 0 saturated carbocycles. The highest BCUT2D eigenvalue weighted by molar-refractivity contribution is 5.25. The molecule has 0 radical (unpaired) electrons. The van der Waals surface area contributed by atoms with Gasteiger partial charge in [-0.25, -0.2) is 0 Å². The van der Waals surface area contributed by atoms with Crippen molar-refractivity contribution < 1.29 is 4.74 Å². The van der Waals surface area contributed by atoms with Crippen molar-refractivity contribution in [3.63, 3.8) is 0 Å². The molecule has 1 aliphatic rings. The van der Waals surface area contributed by atoms with Crippen molar-refractivity contribution in [2.24, 2.45) is 11.8 Å².